The Kier molecular flexibility index (Phi) is 4.65. The highest BCUT2D eigenvalue weighted by molar-refractivity contribution is 9.10. The van der Waals surface area contributed by atoms with E-state index in [1.165, 1.54) is 6.07 Å². The van der Waals surface area contributed by atoms with Crippen LogP contribution < -0.4 is 11.1 Å². The summed E-state index contributed by atoms with van der Waals surface area (Å²) in [7, 11) is 0. The molecular formula is C12H16BrFN2O. The number of hydrogen-bond donors (Lipinski definition) is 2. The molecule has 1 aromatic carbocycles. The van der Waals surface area contributed by atoms with E-state index in [4.69, 9.17) is 5.73 Å². The Morgan fingerprint density at radius 1 is 1.53 bits per heavy atom. The van der Waals surface area contributed by atoms with Crippen molar-refractivity contribution in [3.05, 3.63) is 34.1 Å². The Labute approximate surface area is 109 Å². The standard InChI is InChI=1S/C12H16BrFN2O/c1-12(2,7-15)16-11(17)6-8-3-4-10(14)9(13)5-8/h3-5H,6-7,15H2,1-2H3,(H,16,17). The Balaban J connectivity index is 2.65. The highest BCUT2D eigenvalue weighted by Crippen LogP contribution is 2.17. The second kappa shape index (κ2) is 5.60. The van der Waals surface area contributed by atoms with Crippen LogP contribution in [0.1, 0.15) is 19.4 Å². The van der Waals surface area contributed by atoms with Gasteiger partial charge in [0, 0.05) is 12.1 Å². The van der Waals surface area contributed by atoms with Crippen molar-refractivity contribution in [3.63, 3.8) is 0 Å². The molecule has 0 bridgehead atoms. The maximum atomic E-state index is 13.0. The monoisotopic (exact) mass is 302 g/mol. The van der Waals surface area contributed by atoms with Crippen molar-refractivity contribution in [2.75, 3.05) is 6.54 Å². The van der Waals surface area contributed by atoms with Crippen LogP contribution in [0.15, 0.2) is 22.7 Å². The van der Waals surface area contributed by atoms with E-state index >= 15 is 0 Å². The molecule has 0 spiro atoms. The molecule has 0 atom stereocenters. The summed E-state index contributed by atoms with van der Waals surface area (Å²) >= 11 is 3.08. The van der Waals surface area contributed by atoms with Gasteiger partial charge in [-0.3, -0.25) is 4.79 Å². The van der Waals surface area contributed by atoms with E-state index in [2.05, 4.69) is 21.2 Å². The summed E-state index contributed by atoms with van der Waals surface area (Å²) in [5, 5.41) is 2.82. The van der Waals surface area contributed by atoms with Crippen LogP contribution in [0.2, 0.25) is 0 Å². The molecule has 94 valence electrons. The SMILES string of the molecule is CC(C)(CN)NC(=O)Cc1ccc(F)c(Br)c1. The highest BCUT2D eigenvalue weighted by atomic mass is 79.9. The number of halogens is 2. The lowest BCUT2D eigenvalue weighted by Crippen LogP contribution is -2.49. The lowest BCUT2D eigenvalue weighted by Gasteiger charge is -2.24. The van der Waals surface area contributed by atoms with E-state index in [0.717, 1.165) is 5.56 Å². The molecule has 5 heteroatoms. The summed E-state index contributed by atoms with van der Waals surface area (Å²) in [4.78, 5) is 11.7. The fourth-order valence-corrected chi connectivity index (χ4v) is 1.73. The van der Waals surface area contributed by atoms with E-state index in [1.54, 1.807) is 12.1 Å². The van der Waals surface area contributed by atoms with Crippen LogP contribution in [0.3, 0.4) is 0 Å². The molecule has 0 heterocycles. The van der Waals surface area contributed by atoms with Crippen molar-refractivity contribution in [2.45, 2.75) is 25.8 Å². The van der Waals surface area contributed by atoms with Gasteiger partial charge >= 0.3 is 0 Å². The van der Waals surface area contributed by atoms with E-state index < -0.39 is 5.54 Å². The predicted octanol–water partition coefficient (Wildman–Crippen LogP) is 1.98. The molecule has 0 aliphatic rings. The van der Waals surface area contributed by atoms with Crippen molar-refractivity contribution in [2.24, 2.45) is 5.73 Å². The van der Waals surface area contributed by atoms with Gasteiger partial charge in [0.05, 0.1) is 10.9 Å². The van der Waals surface area contributed by atoms with Gasteiger partial charge in [-0.25, -0.2) is 4.39 Å². The zero-order valence-corrected chi connectivity index (χ0v) is 11.5. The molecule has 0 saturated heterocycles. The quantitative estimate of drug-likeness (QED) is 0.893. The van der Waals surface area contributed by atoms with Crippen molar-refractivity contribution >= 4 is 21.8 Å². The molecule has 17 heavy (non-hydrogen) atoms. The molecule has 0 radical (unpaired) electrons. The highest BCUT2D eigenvalue weighted by Gasteiger charge is 2.18. The van der Waals surface area contributed by atoms with Crippen LogP contribution >= 0.6 is 15.9 Å². The van der Waals surface area contributed by atoms with Crippen LogP contribution in [0, 0.1) is 5.82 Å². The first-order chi connectivity index (χ1) is 7.84. The number of nitrogens with one attached hydrogen (secondary N) is 1. The van der Waals surface area contributed by atoms with E-state index in [9.17, 15) is 9.18 Å². The third-order valence-electron chi connectivity index (χ3n) is 2.34. The van der Waals surface area contributed by atoms with Gasteiger partial charge in [0.25, 0.3) is 0 Å². The fraction of sp³-hybridized carbons (Fsp3) is 0.417. The van der Waals surface area contributed by atoms with Crippen LogP contribution in [0.25, 0.3) is 0 Å². The fourth-order valence-electron chi connectivity index (χ4n) is 1.31. The smallest absolute Gasteiger partial charge is 0.224 e. The number of carbonyl (C=O) groups is 1. The Hall–Kier alpha value is -0.940. The number of benzene rings is 1. The van der Waals surface area contributed by atoms with Gasteiger partial charge in [-0.05, 0) is 47.5 Å². The molecular weight excluding hydrogens is 287 g/mol. The molecule has 0 saturated carbocycles. The van der Waals surface area contributed by atoms with Crippen LogP contribution in [-0.4, -0.2) is 18.0 Å². The first-order valence-corrected chi connectivity index (χ1v) is 6.08. The minimum atomic E-state index is -0.422. The van der Waals surface area contributed by atoms with Crippen molar-refractivity contribution in [1.29, 1.82) is 0 Å². The molecule has 3 N–H and O–H groups in total. The van der Waals surface area contributed by atoms with Gasteiger partial charge < -0.3 is 11.1 Å². The van der Waals surface area contributed by atoms with Gasteiger partial charge in [-0.15, -0.1) is 0 Å². The number of carbonyl (C=O) groups excluding carboxylic acids is 1. The first-order valence-electron chi connectivity index (χ1n) is 5.29. The Morgan fingerprint density at radius 2 is 2.18 bits per heavy atom. The molecule has 3 nitrogen and oxygen atoms in total. The van der Waals surface area contributed by atoms with Crippen LogP contribution in [0.4, 0.5) is 4.39 Å². The molecule has 0 fully saturated rings. The molecule has 0 aromatic heterocycles. The molecule has 0 unspecified atom stereocenters. The Bertz CT molecular complexity index is 421. The molecule has 1 rings (SSSR count). The minimum Gasteiger partial charge on any atom is -0.350 e. The number of nitrogens with two attached hydrogens (primary N) is 1. The topological polar surface area (TPSA) is 55.1 Å². The van der Waals surface area contributed by atoms with Crippen LogP contribution in [-0.2, 0) is 11.2 Å². The third-order valence-corrected chi connectivity index (χ3v) is 2.94. The number of hydrogen-bond acceptors (Lipinski definition) is 2. The minimum absolute atomic E-state index is 0.126. The van der Waals surface area contributed by atoms with Gasteiger partial charge in [-0.2, -0.15) is 0 Å². The largest absolute Gasteiger partial charge is 0.350 e. The van der Waals surface area contributed by atoms with E-state index in [-0.39, 0.29) is 18.1 Å². The summed E-state index contributed by atoms with van der Waals surface area (Å²) in [6, 6.07) is 4.53. The Morgan fingerprint density at radius 3 is 2.71 bits per heavy atom. The maximum absolute atomic E-state index is 13.0. The summed E-state index contributed by atoms with van der Waals surface area (Å²) in [5.74, 6) is -0.463. The van der Waals surface area contributed by atoms with Gasteiger partial charge in [0.2, 0.25) is 5.91 Å². The zero-order valence-electron chi connectivity index (χ0n) is 9.89. The molecule has 1 aromatic rings. The number of rotatable bonds is 4. The second-order valence-corrected chi connectivity index (χ2v) is 5.42. The third kappa shape index (κ3) is 4.44. The number of amides is 1. The van der Waals surface area contributed by atoms with Crippen molar-refractivity contribution in [1.82, 2.24) is 5.32 Å². The average Bonchev–Trinajstić information content (AvgIpc) is 2.23. The zero-order chi connectivity index (χ0) is 13.1. The van der Waals surface area contributed by atoms with Crippen LogP contribution in [0.5, 0.6) is 0 Å². The maximum Gasteiger partial charge on any atom is 0.224 e. The summed E-state index contributed by atoms with van der Waals surface area (Å²) in [6.07, 6.45) is 0.211. The molecule has 1 amide bonds. The van der Waals surface area contributed by atoms with Gasteiger partial charge in [0.1, 0.15) is 5.82 Å². The summed E-state index contributed by atoms with van der Waals surface area (Å²) in [5.41, 5.74) is 5.85. The van der Waals surface area contributed by atoms with Gasteiger partial charge in [-0.1, -0.05) is 6.07 Å². The molecule has 0 aliphatic carbocycles. The summed E-state index contributed by atoms with van der Waals surface area (Å²) < 4.78 is 13.4. The van der Waals surface area contributed by atoms with Crippen molar-refractivity contribution < 1.29 is 9.18 Å². The average molecular weight is 303 g/mol. The summed E-state index contributed by atoms with van der Waals surface area (Å²) in [6.45, 7) is 4.07. The van der Waals surface area contributed by atoms with E-state index in [0.29, 0.717) is 11.0 Å². The van der Waals surface area contributed by atoms with Crippen molar-refractivity contribution in [3.8, 4) is 0 Å². The predicted molar refractivity (Wildman–Crippen MR) is 69.1 cm³/mol. The first kappa shape index (κ1) is 14.1. The lowest BCUT2D eigenvalue weighted by molar-refractivity contribution is -0.121. The second-order valence-electron chi connectivity index (χ2n) is 4.56. The lowest BCUT2D eigenvalue weighted by atomic mass is 10.1. The van der Waals surface area contributed by atoms with E-state index in [1.807, 2.05) is 13.8 Å². The normalized spacial score (nSPS) is 11.4. The molecule has 0 aliphatic heterocycles. The van der Waals surface area contributed by atoms with Gasteiger partial charge in [0.15, 0.2) is 0 Å².